The van der Waals surface area contributed by atoms with E-state index in [0.717, 1.165) is 5.56 Å². The molecule has 0 saturated carbocycles. The van der Waals surface area contributed by atoms with Gasteiger partial charge in [0.2, 0.25) is 0 Å². The van der Waals surface area contributed by atoms with Crippen LogP contribution < -0.4 is 0 Å². The van der Waals surface area contributed by atoms with E-state index in [-0.39, 0.29) is 11.7 Å². The second-order valence-corrected chi connectivity index (χ2v) is 3.76. The van der Waals surface area contributed by atoms with Gasteiger partial charge in [-0.25, -0.2) is 0 Å². The minimum absolute atomic E-state index is 0.111. The number of hydrogen-bond acceptors (Lipinski definition) is 2. The highest BCUT2D eigenvalue weighted by Crippen LogP contribution is 2.11. The molecule has 2 heteroatoms. The fourth-order valence-electron chi connectivity index (χ4n) is 1.55. The van der Waals surface area contributed by atoms with Crippen LogP contribution in [0.5, 0.6) is 0 Å². The fraction of sp³-hybridized carbons (Fsp3) is 0.286. The van der Waals surface area contributed by atoms with E-state index in [2.05, 4.69) is 12.6 Å². The first-order valence-corrected chi connectivity index (χ1v) is 5.32. The quantitative estimate of drug-likeness (QED) is 0.682. The third-order valence-corrected chi connectivity index (χ3v) is 2.35. The maximum Gasteiger partial charge on any atom is 0.138 e. The highest BCUT2D eigenvalue weighted by atomic mass is 16.1. The third kappa shape index (κ3) is 4.10. The average Bonchev–Trinajstić information content (AvgIpc) is 2.29. The number of ketones is 1. The predicted octanol–water partition coefficient (Wildman–Crippen LogP) is 2.90. The number of Topliss-reactive ketones (excluding diaryl/α,β-unsaturated/α-hetero) is 1. The average molecular weight is 213 g/mol. The van der Waals surface area contributed by atoms with E-state index in [9.17, 15) is 4.79 Å². The second-order valence-electron chi connectivity index (χ2n) is 3.76. The Morgan fingerprint density at radius 3 is 2.69 bits per heavy atom. The molecule has 16 heavy (non-hydrogen) atoms. The minimum Gasteiger partial charge on any atom is -0.299 e. The van der Waals surface area contributed by atoms with Gasteiger partial charge in [0.25, 0.3) is 0 Å². The third-order valence-electron chi connectivity index (χ3n) is 2.35. The summed E-state index contributed by atoms with van der Waals surface area (Å²) in [6, 6.07) is 11.7. The summed E-state index contributed by atoms with van der Waals surface area (Å²) in [5.74, 6) is -0.117. The summed E-state index contributed by atoms with van der Waals surface area (Å²) >= 11 is 0. The van der Waals surface area contributed by atoms with Gasteiger partial charge in [-0.05, 0) is 12.0 Å². The van der Waals surface area contributed by atoms with Gasteiger partial charge in [-0.15, -0.1) is 6.58 Å². The molecule has 0 N–H and O–H groups in total. The first kappa shape index (κ1) is 12.2. The summed E-state index contributed by atoms with van der Waals surface area (Å²) < 4.78 is 0. The molecule has 2 nitrogen and oxygen atoms in total. The van der Waals surface area contributed by atoms with E-state index in [1.54, 1.807) is 6.08 Å². The van der Waals surface area contributed by atoms with Gasteiger partial charge >= 0.3 is 0 Å². The maximum atomic E-state index is 11.7. The molecule has 0 aliphatic rings. The molecule has 0 amide bonds. The number of carbonyl (C=O) groups is 1. The molecular formula is C14H15NO. The van der Waals surface area contributed by atoms with Gasteiger partial charge in [0, 0.05) is 12.8 Å². The van der Waals surface area contributed by atoms with Crippen molar-refractivity contribution in [1.82, 2.24) is 0 Å². The molecule has 0 aliphatic heterocycles. The Bertz CT molecular complexity index is 389. The van der Waals surface area contributed by atoms with Crippen molar-refractivity contribution in [2.24, 2.45) is 5.92 Å². The summed E-state index contributed by atoms with van der Waals surface area (Å²) in [6.07, 6.45) is 2.99. The molecule has 0 heterocycles. The molecule has 82 valence electrons. The molecule has 1 aromatic carbocycles. The smallest absolute Gasteiger partial charge is 0.138 e. The van der Waals surface area contributed by atoms with E-state index < -0.39 is 0 Å². The topological polar surface area (TPSA) is 40.9 Å². The summed E-state index contributed by atoms with van der Waals surface area (Å²) in [5, 5.41) is 8.82. The van der Waals surface area contributed by atoms with E-state index in [0.29, 0.717) is 19.3 Å². The SMILES string of the molecule is C=CCC(C#N)CC(=O)Cc1ccccc1. The Labute approximate surface area is 96.2 Å². The second kappa shape index (κ2) is 6.58. The molecule has 1 rings (SSSR count). The molecule has 0 aliphatic carbocycles. The van der Waals surface area contributed by atoms with Gasteiger partial charge in [0.15, 0.2) is 0 Å². The summed E-state index contributed by atoms with van der Waals surface area (Å²) in [6.45, 7) is 3.58. The number of nitrogens with zero attached hydrogens (tertiary/aromatic N) is 1. The standard InChI is InChI=1S/C14H15NO/c1-2-6-13(11-15)10-14(16)9-12-7-4-3-5-8-12/h2-5,7-8,13H,1,6,9-10H2. The highest BCUT2D eigenvalue weighted by molar-refractivity contribution is 5.81. The Hall–Kier alpha value is -1.88. The van der Waals surface area contributed by atoms with Crippen LogP contribution in [-0.4, -0.2) is 5.78 Å². The van der Waals surface area contributed by atoms with Crippen LogP contribution in [0.3, 0.4) is 0 Å². The van der Waals surface area contributed by atoms with Gasteiger partial charge in [-0.2, -0.15) is 5.26 Å². The van der Waals surface area contributed by atoms with Crippen LogP contribution >= 0.6 is 0 Å². The van der Waals surface area contributed by atoms with Crippen LogP contribution in [-0.2, 0) is 11.2 Å². The number of carbonyl (C=O) groups excluding carboxylic acids is 1. The minimum atomic E-state index is -0.228. The molecule has 0 bridgehead atoms. The first-order valence-electron chi connectivity index (χ1n) is 5.32. The Morgan fingerprint density at radius 2 is 2.12 bits per heavy atom. The number of allylic oxidation sites excluding steroid dienone is 1. The predicted molar refractivity (Wildman–Crippen MR) is 63.7 cm³/mol. The molecular weight excluding hydrogens is 198 g/mol. The fourth-order valence-corrected chi connectivity index (χ4v) is 1.55. The van der Waals surface area contributed by atoms with Gasteiger partial charge in [-0.1, -0.05) is 36.4 Å². The Kier molecular flexibility index (Phi) is 5.01. The van der Waals surface area contributed by atoms with E-state index >= 15 is 0 Å². The molecule has 1 unspecified atom stereocenters. The molecule has 1 atom stereocenters. The normalized spacial score (nSPS) is 11.4. The summed E-state index contributed by atoms with van der Waals surface area (Å²) in [5.41, 5.74) is 1.00. The van der Waals surface area contributed by atoms with Crippen LogP contribution in [0, 0.1) is 17.2 Å². The summed E-state index contributed by atoms with van der Waals surface area (Å²) in [7, 11) is 0. The lowest BCUT2D eigenvalue weighted by atomic mass is 9.97. The molecule has 0 aromatic heterocycles. The zero-order valence-corrected chi connectivity index (χ0v) is 9.23. The molecule has 0 spiro atoms. The Morgan fingerprint density at radius 1 is 1.44 bits per heavy atom. The van der Waals surface area contributed by atoms with Crippen molar-refractivity contribution in [3.63, 3.8) is 0 Å². The van der Waals surface area contributed by atoms with E-state index in [1.807, 2.05) is 30.3 Å². The monoisotopic (exact) mass is 213 g/mol. The van der Waals surface area contributed by atoms with Crippen molar-refractivity contribution in [2.45, 2.75) is 19.3 Å². The van der Waals surface area contributed by atoms with Crippen LogP contribution in [0.25, 0.3) is 0 Å². The zero-order chi connectivity index (χ0) is 11.8. The van der Waals surface area contributed by atoms with Crippen molar-refractivity contribution in [3.8, 4) is 6.07 Å². The number of hydrogen-bond donors (Lipinski definition) is 0. The number of benzene rings is 1. The molecule has 0 fully saturated rings. The van der Waals surface area contributed by atoms with Crippen LogP contribution in [0.4, 0.5) is 0 Å². The van der Waals surface area contributed by atoms with Gasteiger partial charge in [0.05, 0.1) is 12.0 Å². The Balaban J connectivity index is 2.48. The molecule has 0 radical (unpaired) electrons. The lowest BCUT2D eigenvalue weighted by Gasteiger charge is -2.05. The van der Waals surface area contributed by atoms with Crippen LogP contribution in [0.1, 0.15) is 18.4 Å². The number of rotatable bonds is 6. The lowest BCUT2D eigenvalue weighted by Crippen LogP contribution is -2.09. The van der Waals surface area contributed by atoms with Crippen molar-refractivity contribution < 1.29 is 4.79 Å². The van der Waals surface area contributed by atoms with Crippen molar-refractivity contribution in [3.05, 3.63) is 48.6 Å². The van der Waals surface area contributed by atoms with Crippen LogP contribution in [0.2, 0.25) is 0 Å². The molecule has 0 saturated heterocycles. The van der Waals surface area contributed by atoms with E-state index in [4.69, 9.17) is 5.26 Å². The number of nitriles is 1. The summed E-state index contributed by atoms with van der Waals surface area (Å²) in [4.78, 5) is 11.7. The molecule has 1 aromatic rings. The van der Waals surface area contributed by atoms with E-state index in [1.165, 1.54) is 0 Å². The highest BCUT2D eigenvalue weighted by Gasteiger charge is 2.11. The van der Waals surface area contributed by atoms with Gasteiger partial charge in [-0.3, -0.25) is 4.79 Å². The zero-order valence-electron chi connectivity index (χ0n) is 9.23. The lowest BCUT2D eigenvalue weighted by molar-refractivity contribution is -0.119. The van der Waals surface area contributed by atoms with Gasteiger partial charge < -0.3 is 0 Å². The first-order chi connectivity index (χ1) is 7.76. The van der Waals surface area contributed by atoms with Gasteiger partial charge in [0.1, 0.15) is 5.78 Å². The maximum absolute atomic E-state index is 11.7. The largest absolute Gasteiger partial charge is 0.299 e. The van der Waals surface area contributed by atoms with Crippen molar-refractivity contribution in [1.29, 1.82) is 5.26 Å². The van der Waals surface area contributed by atoms with Crippen molar-refractivity contribution in [2.75, 3.05) is 0 Å². The van der Waals surface area contributed by atoms with Crippen LogP contribution in [0.15, 0.2) is 43.0 Å². The van der Waals surface area contributed by atoms with Crippen molar-refractivity contribution >= 4 is 5.78 Å².